The van der Waals surface area contributed by atoms with Crippen LogP contribution in [0.2, 0.25) is 0 Å². The molecule has 0 saturated carbocycles. The summed E-state index contributed by atoms with van der Waals surface area (Å²) in [5.41, 5.74) is 9.14. The molecule has 4 N–H and O–H groups in total. The standard InChI is InChI=1S/C11H13N3O/c1-6-3-8(10(15)4-7(6)2)9-5-11(12)14-13-9/h3-5,15H,1-2H3,(H3,12,13,14). The number of aromatic nitrogens is 2. The van der Waals surface area contributed by atoms with Gasteiger partial charge in [0.25, 0.3) is 0 Å². The maximum absolute atomic E-state index is 9.79. The van der Waals surface area contributed by atoms with Crippen LogP contribution in [0.15, 0.2) is 18.2 Å². The molecule has 15 heavy (non-hydrogen) atoms. The molecule has 0 aliphatic carbocycles. The number of rotatable bonds is 1. The van der Waals surface area contributed by atoms with E-state index in [2.05, 4.69) is 10.2 Å². The Kier molecular flexibility index (Phi) is 2.11. The van der Waals surface area contributed by atoms with Crippen LogP contribution >= 0.6 is 0 Å². The van der Waals surface area contributed by atoms with E-state index in [0.29, 0.717) is 5.82 Å². The number of aromatic hydroxyl groups is 1. The first kappa shape index (κ1) is 9.58. The van der Waals surface area contributed by atoms with Crippen molar-refractivity contribution >= 4 is 5.82 Å². The Labute approximate surface area is 87.7 Å². The predicted octanol–water partition coefficient (Wildman–Crippen LogP) is 1.98. The van der Waals surface area contributed by atoms with Crippen molar-refractivity contribution in [3.8, 4) is 17.0 Å². The summed E-state index contributed by atoms with van der Waals surface area (Å²) in [5.74, 6) is 0.657. The quantitative estimate of drug-likeness (QED) is 0.663. The first-order chi connectivity index (χ1) is 7.08. The van der Waals surface area contributed by atoms with Crippen LogP contribution in [0.5, 0.6) is 5.75 Å². The Hall–Kier alpha value is -1.97. The van der Waals surface area contributed by atoms with Crippen LogP contribution in [0.1, 0.15) is 11.1 Å². The van der Waals surface area contributed by atoms with Crippen LogP contribution in [-0.2, 0) is 0 Å². The minimum Gasteiger partial charge on any atom is -0.507 e. The lowest BCUT2D eigenvalue weighted by atomic mass is 10.0. The SMILES string of the molecule is Cc1cc(O)c(-c2cc(N)n[nH]2)cc1C. The molecule has 1 aromatic carbocycles. The van der Waals surface area contributed by atoms with Crippen LogP contribution < -0.4 is 5.73 Å². The lowest BCUT2D eigenvalue weighted by Crippen LogP contribution is -1.85. The van der Waals surface area contributed by atoms with Crippen molar-refractivity contribution in [1.82, 2.24) is 10.2 Å². The van der Waals surface area contributed by atoms with Crippen LogP contribution in [0.25, 0.3) is 11.3 Å². The Morgan fingerprint density at radius 2 is 1.87 bits per heavy atom. The Bertz CT molecular complexity index is 503. The van der Waals surface area contributed by atoms with Crippen LogP contribution in [0.3, 0.4) is 0 Å². The second-order valence-corrected chi connectivity index (χ2v) is 3.66. The second kappa shape index (κ2) is 3.31. The number of H-pyrrole nitrogens is 1. The molecule has 78 valence electrons. The normalized spacial score (nSPS) is 10.5. The summed E-state index contributed by atoms with van der Waals surface area (Å²) in [4.78, 5) is 0. The average molecular weight is 203 g/mol. The first-order valence-electron chi connectivity index (χ1n) is 4.69. The molecule has 1 heterocycles. The van der Waals surface area contributed by atoms with Crippen molar-refractivity contribution in [2.45, 2.75) is 13.8 Å². The van der Waals surface area contributed by atoms with E-state index in [1.165, 1.54) is 0 Å². The number of hydrogen-bond acceptors (Lipinski definition) is 3. The van der Waals surface area contributed by atoms with Crippen LogP contribution in [-0.4, -0.2) is 15.3 Å². The van der Waals surface area contributed by atoms with Gasteiger partial charge in [-0.3, -0.25) is 5.10 Å². The highest BCUT2D eigenvalue weighted by Gasteiger charge is 2.08. The van der Waals surface area contributed by atoms with Gasteiger partial charge in [0.1, 0.15) is 11.6 Å². The molecule has 0 atom stereocenters. The number of nitrogen functional groups attached to an aromatic ring is 1. The molecule has 0 bridgehead atoms. The van der Waals surface area contributed by atoms with E-state index in [4.69, 9.17) is 5.73 Å². The monoisotopic (exact) mass is 203 g/mol. The minimum absolute atomic E-state index is 0.238. The highest BCUT2D eigenvalue weighted by Crippen LogP contribution is 2.30. The third-order valence-electron chi connectivity index (χ3n) is 2.50. The van der Waals surface area contributed by atoms with E-state index in [0.717, 1.165) is 22.4 Å². The third kappa shape index (κ3) is 1.66. The molecule has 0 aliphatic rings. The van der Waals surface area contributed by atoms with E-state index >= 15 is 0 Å². The number of aryl methyl sites for hydroxylation is 2. The zero-order valence-corrected chi connectivity index (χ0v) is 8.70. The zero-order valence-electron chi connectivity index (χ0n) is 8.70. The number of nitrogens with zero attached hydrogens (tertiary/aromatic N) is 1. The molecular weight excluding hydrogens is 190 g/mol. The van der Waals surface area contributed by atoms with Gasteiger partial charge in [0, 0.05) is 11.6 Å². The number of hydrogen-bond donors (Lipinski definition) is 3. The molecule has 2 aromatic rings. The summed E-state index contributed by atoms with van der Waals surface area (Å²) in [6.07, 6.45) is 0. The molecule has 1 aromatic heterocycles. The van der Waals surface area contributed by atoms with Gasteiger partial charge >= 0.3 is 0 Å². The molecule has 0 amide bonds. The van der Waals surface area contributed by atoms with Gasteiger partial charge in [-0.25, -0.2) is 0 Å². The third-order valence-corrected chi connectivity index (χ3v) is 2.50. The van der Waals surface area contributed by atoms with Crippen molar-refractivity contribution in [2.24, 2.45) is 0 Å². The Balaban J connectivity index is 2.58. The molecule has 4 nitrogen and oxygen atoms in total. The number of nitrogens with two attached hydrogens (primary N) is 1. The maximum Gasteiger partial charge on any atom is 0.145 e. The molecule has 0 saturated heterocycles. The Morgan fingerprint density at radius 1 is 1.20 bits per heavy atom. The van der Waals surface area contributed by atoms with Gasteiger partial charge in [-0.15, -0.1) is 0 Å². The number of phenols is 1. The smallest absolute Gasteiger partial charge is 0.145 e. The number of anilines is 1. The first-order valence-corrected chi connectivity index (χ1v) is 4.69. The van der Waals surface area contributed by atoms with E-state index in [-0.39, 0.29) is 5.75 Å². The maximum atomic E-state index is 9.79. The molecule has 4 heteroatoms. The van der Waals surface area contributed by atoms with E-state index in [1.54, 1.807) is 12.1 Å². The van der Waals surface area contributed by atoms with Crippen molar-refractivity contribution < 1.29 is 5.11 Å². The molecule has 0 aliphatic heterocycles. The van der Waals surface area contributed by atoms with E-state index < -0.39 is 0 Å². The second-order valence-electron chi connectivity index (χ2n) is 3.66. The number of phenolic OH excluding ortho intramolecular Hbond substituents is 1. The zero-order chi connectivity index (χ0) is 11.0. The molecule has 0 radical (unpaired) electrons. The summed E-state index contributed by atoms with van der Waals surface area (Å²) in [6.45, 7) is 3.96. The minimum atomic E-state index is 0.238. The van der Waals surface area contributed by atoms with Crippen LogP contribution in [0, 0.1) is 13.8 Å². The molecule has 0 unspecified atom stereocenters. The van der Waals surface area contributed by atoms with Gasteiger partial charge in [0.2, 0.25) is 0 Å². The van der Waals surface area contributed by atoms with Gasteiger partial charge in [-0.2, -0.15) is 5.10 Å². The number of aromatic amines is 1. The fourth-order valence-electron chi connectivity index (χ4n) is 1.49. The summed E-state index contributed by atoms with van der Waals surface area (Å²) in [5, 5.41) is 16.4. The average Bonchev–Trinajstić information content (AvgIpc) is 2.58. The molecule has 0 fully saturated rings. The number of benzene rings is 1. The predicted molar refractivity (Wildman–Crippen MR) is 59.6 cm³/mol. The van der Waals surface area contributed by atoms with Gasteiger partial charge in [0.05, 0.1) is 5.69 Å². The molecular formula is C11H13N3O. The summed E-state index contributed by atoms with van der Waals surface area (Å²) < 4.78 is 0. The van der Waals surface area contributed by atoms with Crippen molar-refractivity contribution in [3.63, 3.8) is 0 Å². The summed E-state index contributed by atoms with van der Waals surface area (Å²) in [7, 11) is 0. The van der Waals surface area contributed by atoms with Gasteiger partial charge in [-0.1, -0.05) is 0 Å². The fraction of sp³-hybridized carbons (Fsp3) is 0.182. The summed E-state index contributed by atoms with van der Waals surface area (Å²) >= 11 is 0. The highest BCUT2D eigenvalue weighted by molar-refractivity contribution is 5.70. The molecule has 0 spiro atoms. The van der Waals surface area contributed by atoms with E-state index in [9.17, 15) is 5.11 Å². The summed E-state index contributed by atoms with van der Waals surface area (Å²) in [6, 6.07) is 5.35. The van der Waals surface area contributed by atoms with Gasteiger partial charge in [-0.05, 0) is 37.1 Å². The largest absolute Gasteiger partial charge is 0.507 e. The molecule has 2 rings (SSSR count). The van der Waals surface area contributed by atoms with Gasteiger partial charge < -0.3 is 10.8 Å². The number of nitrogens with one attached hydrogen (secondary N) is 1. The lowest BCUT2D eigenvalue weighted by Gasteiger charge is -2.06. The lowest BCUT2D eigenvalue weighted by molar-refractivity contribution is 0.476. The van der Waals surface area contributed by atoms with Crippen molar-refractivity contribution in [1.29, 1.82) is 0 Å². The topological polar surface area (TPSA) is 74.9 Å². The highest BCUT2D eigenvalue weighted by atomic mass is 16.3. The fourth-order valence-corrected chi connectivity index (χ4v) is 1.49. The van der Waals surface area contributed by atoms with Crippen molar-refractivity contribution in [2.75, 3.05) is 5.73 Å². The van der Waals surface area contributed by atoms with E-state index in [1.807, 2.05) is 19.9 Å². The van der Waals surface area contributed by atoms with Crippen molar-refractivity contribution in [3.05, 3.63) is 29.3 Å². The Morgan fingerprint density at radius 3 is 2.47 bits per heavy atom. The van der Waals surface area contributed by atoms with Gasteiger partial charge in [0.15, 0.2) is 0 Å². The van der Waals surface area contributed by atoms with Crippen LogP contribution in [0.4, 0.5) is 5.82 Å².